The molecule has 1 saturated heterocycles. The number of carbonyl (C=O) groups is 2. The number of aliphatic imine (C=N–C) groups is 1. The largest absolute Gasteiger partial charge is 0.480 e. The summed E-state index contributed by atoms with van der Waals surface area (Å²) in [6.07, 6.45) is 4.31. The summed E-state index contributed by atoms with van der Waals surface area (Å²) in [5, 5.41) is 21.6. The number of aromatic amines is 1. The van der Waals surface area contributed by atoms with Gasteiger partial charge in [0.15, 0.2) is 11.8 Å². The Labute approximate surface area is 265 Å². The van der Waals surface area contributed by atoms with Gasteiger partial charge in [0.05, 0.1) is 22.7 Å². The number of ether oxygens (including phenoxy) is 1. The number of carboxylic acids is 1. The number of H-pyrrole nitrogens is 1. The second kappa shape index (κ2) is 12.6. The Balaban J connectivity index is 1.45. The van der Waals surface area contributed by atoms with Crippen LogP contribution >= 0.6 is 56.9 Å². The lowest BCUT2D eigenvalue weighted by atomic mass is 10.1. The molecule has 0 bridgehead atoms. The number of hydrogen-bond donors (Lipinski definition) is 2. The van der Waals surface area contributed by atoms with E-state index in [0.29, 0.717) is 41.6 Å². The molecule has 10 nitrogen and oxygen atoms in total. The number of aromatic nitrogens is 1. The standard InChI is InChI=1S/C28H20I2N4O6S/c29-21-11-16(12-22(30)26(21)40-15-25(35)36)13-24-27(37)33(10-9-17-14-31-23-4-2-1-3-20(17)23)28(41-24)32-18-5-7-19(8-6-18)34(38)39/h1-8,11-14,31H,9-10,15H2,(H,35,36)/b24-13-,32-28?. The van der Waals surface area contributed by atoms with Crippen molar-refractivity contribution in [2.24, 2.45) is 4.99 Å². The summed E-state index contributed by atoms with van der Waals surface area (Å²) < 4.78 is 6.85. The van der Waals surface area contributed by atoms with Crippen LogP contribution in [-0.2, 0) is 16.0 Å². The highest BCUT2D eigenvalue weighted by Crippen LogP contribution is 2.36. The summed E-state index contributed by atoms with van der Waals surface area (Å²) >= 11 is 5.39. The number of rotatable bonds is 9. The van der Waals surface area contributed by atoms with Gasteiger partial charge in [0.2, 0.25) is 0 Å². The molecule has 0 unspecified atom stereocenters. The Kier molecular flexibility index (Phi) is 8.94. The molecule has 0 saturated carbocycles. The van der Waals surface area contributed by atoms with Crippen molar-refractivity contribution in [2.45, 2.75) is 6.42 Å². The number of halogens is 2. The number of fused-ring (bicyclic) bond motifs is 1. The van der Waals surface area contributed by atoms with Crippen LogP contribution < -0.4 is 4.74 Å². The molecular weight excluding hydrogens is 774 g/mol. The monoisotopic (exact) mass is 794 g/mol. The molecule has 2 heterocycles. The summed E-state index contributed by atoms with van der Waals surface area (Å²) in [7, 11) is 0. The molecule has 1 amide bonds. The van der Waals surface area contributed by atoms with Crippen LogP contribution in [0.3, 0.4) is 0 Å². The molecule has 1 fully saturated rings. The van der Waals surface area contributed by atoms with Crippen molar-refractivity contribution in [3.63, 3.8) is 0 Å². The highest BCUT2D eigenvalue weighted by atomic mass is 127. The van der Waals surface area contributed by atoms with Gasteiger partial charge in [-0.25, -0.2) is 9.79 Å². The van der Waals surface area contributed by atoms with Crippen LogP contribution in [0.5, 0.6) is 5.75 Å². The number of nitrogens with one attached hydrogen (secondary N) is 1. The number of carboxylic acid groups (broad SMARTS) is 1. The molecule has 3 aromatic carbocycles. The van der Waals surface area contributed by atoms with Gasteiger partial charge in [0, 0.05) is 35.8 Å². The molecule has 1 aromatic heterocycles. The van der Waals surface area contributed by atoms with E-state index in [1.807, 2.05) is 42.6 Å². The Hall–Kier alpha value is -3.44. The third kappa shape index (κ3) is 6.73. The molecule has 2 N–H and O–H groups in total. The first-order chi connectivity index (χ1) is 19.7. The number of aliphatic carboxylic acids is 1. The maximum atomic E-state index is 13.7. The van der Waals surface area contributed by atoms with Gasteiger partial charge in [-0.15, -0.1) is 0 Å². The molecule has 5 rings (SSSR count). The van der Waals surface area contributed by atoms with Crippen LogP contribution in [0.25, 0.3) is 17.0 Å². The SMILES string of the molecule is O=C(O)COc1c(I)cc(/C=C2\SC(=Nc3ccc([N+](=O)[O-])cc3)N(CCc3c[nH]c4ccccc34)C2=O)cc1I. The van der Waals surface area contributed by atoms with Crippen molar-refractivity contribution in [1.82, 2.24) is 9.88 Å². The Bertz CT molecular complexity index is 1710. The smallest absolute Gasteiger partial charge is 0.341 e. The van der Waals surface area contributed by atoms with Gasteiger partial charge >= 0.3 is 5.97 Å². The zero-order valence-electron chi connectivity index (χ0n) is 21.0. The number of non-ortho nitro benzene ring substituents is 1. The lowest BCUT2D eigenvalue weighted by Gasteiger charge is -2.15. The first-order valence-corrected chi connectivity index (χ1v) is 15.1. The molecule has 4 aromatic rings. The highest BCUT2D eigenvalue weighted by Gasteiger charge is 2.33. The summed E-state index contributed by atoms with van der Waals surface area (Å²) in [6.45, 7) is -0.0670. The van der Waals surface area contributed by atoms with E-state index in [1.165, 1.54) is 23.9 Å². The van der Waals surface area contributed by atoms with E-state index < -0.39 is 17.5 Å². The van der Waals surface area contributed by atoms with Crippen LogP contribution in [0.1, 0.15) is 11.1 Å². The molecule has 0 aliphatic carbocycles. The topological polar surface area (TPSA) is 138 Å². The van der Waals surface area contributed by atoms with Gasteiger partial charge in [-0.1, -0.05) is 18.2 Å². The average molecular weight is 794 g/mol. The van der Waals surface area contributed by atoms with E-state index >= 15 is 0 Å². The predicted octanol–water partition coefficient (Wildman–Crippen LogP) is 6.60. The molecule has 41 heavy (non-hydrogen) atoms. The number of amidine groups is 1. The summed E-state index contributed by atoms with van der Waals surface area (Å²) in [4.78, 5) is 45.2. The quantitative estimate of drug-likeness (QED) is 0.0844. The number of para-hydroxylation sites is 1. The number of nitrogens with zero attached hydrogens (tertiary/aromatic N) is 3. The second-order valence-electron chi connectivity index (χ2n) is 8.84. The fourth-order valence-corrected chi connectivity index (χ4v) is 7.36. The fraction of sp³-hybridized carbons (Fsp3) is 0.107. The van der Waals surface area contributed by atoms with E-state index in [1.54, 1.807) is 23.1 Å². The number of carbonyl (C=O) groups excluding carboxylic acids is 1. The molecule has 208 valence electrons. The van der Waals surface area contributed by atoms with Crippen molar-refractivity contribution in [3.05, 3.63) is 100 Å². The van der Waals surface area contributed by atoms with Gasteiger partial charge in [-0.3, -0.25) is 19.8 Å². The molecule has 13 heteroatoms. The molecule has 0 atom stereocenters. The van der Waals surface area contributed by atoms with Gasteiger partial charge in [-0.05, 0) is 111 Å². The minimum Gasteiger partial charge on any atom is -0.480 e. The fourth-order valence-electron chi connectivity index (χ4n) is 4.20. The molecule has 1 aliphatic rings. The van der Waals surface area contributed by atoms with Crippen LogP contribution in [0.15, 0.2) is 76.8 Å². The number of nitro benzene ring substituents is 1. The van der Waals surface area contributed by atoms with Crippen molar-refractivity contribution >= 4 is 102 Å². The first-order valence-electron chi connectivity index (χ1n) is 12.1. The predicted molar refractivity (Wildman–Crippen MR) is 174 cm³/mol. The van der Waals surface area contributed by atoms with Gasteiger partial charge in [0.25, 0.3) is 11.6 Å². The van der Waals surface area contributed by atoms with Crippen molar-refractivity contribution in [2.75, 3.05) is 13.2 Å². The second-order valence-corrected chi connectivity index (χ2v) is 12.2. The third-order valence-electron chi connectivity index (χ3n) is 6.11. The lowest BCUT2D eigenvalue weighted by molar-refractivity contribution is -0.384. The Morgan fingerprint density at radius 3 is 2.54 bits per heavy atom. The van der Waals surface area contributed by atoms with Crippen LogP contribution in [0.4, 0.5) is 11.4 Å². The summed E-state index contributed by atoms with van der Waals surface area (Å²) in [5.74, 6) is -0.794. The maximum absolute atomic E-state index is 13.7. The van der Waals surface area contributed by atoms with Gasteiger partial charge in [-0.2, -0.15) is 0 Å². The van der Waals surface area contributed by atoms with Crippen molar-refractivity contribution in [1.29, 1.82) is 0 Å². The van der Waals surface area contributed by atoms with Crippen LogP contribution in [-0.4, -0.2) is 50.1 Å². The van der Waals surface area contributed by atoms with Crippen LogP contribution in [0, 0.1) is 17.3 Å². The average Bonchev–Trinajstić information content (AvgIpc) is 3.47. The van der Waals surface area contributed by atoms with E-state index in [9.17, 15) is 19.7 Å². The zero-order valence-corrected chi connectivity index (χ0v) is 26.2. The maximum Gasteiger partial charge on any atom is 0.341 e. The first kappa shape index (κ1) is 29.1. The van der Waals surface area contributed by atoms with Crippen LogP contribution in [0.2, 0.25) is 0 Å². The van der Waals surface area contributed by atoms with E-state index in [2.05, 4.69) is 55.2 Å². The van der Waals surface area contributed by atoms with Gasteiger partial charge in [0.1, 0.15) is 5.75 Å². The number of benzene rings is 3. The van der Waals surface area contributed by atoms with E-state index in [0.717, 1.165) is 22.0 Å². The summed E-state index contributed by atoms with van der Waals surface area (Å²) in [5.41, 5.74) is 3.30. The molecule has 1 aliphatic heterocycles. The van der Waals surface area contributed by atoms with Gasteiger partial charge < -0.3 is 14.8 Å². The normalized spacial score (nSPS) is 15.3. The van der Waals surface area contributed by atoms with Crippen molar-refractivity contribution < 1.29 is 24.4 Å². The molecule has 0 radical (unpaired) electrons. The van der Waals surface area contributed by atoms with E-state index in [4.69, 9.17) is 9.84 Å². The highest BCUT2D eigenvalue weighted by molar-refractivity contribution is 14.1. The minimum absolute atomic E-state index is 0.0409. The minimum atomic E-state index is -1.07. The van der Waals surface area contributed by atoms with E-state index in [-0.39, 0.29) is 11.6 Å². The zero-order chi connectivity index (χ0) is 29.1. The Morgan fingerprint density at radius 2 is 1.85 bits per heavy atom. The summed E-state index contributed by atoms with van der Waals surface area (Å²) in [6, 6.07) is 17.5. The number of hydrogen-bond acceptors (Lipinski definition) is 7. The lowest BCUT2D eigenvalue weighted by Crippen LogP contribution is -2.31. The number of amides is 1. The molecular formula is C28H20I2N4O6S. The Morgan fingerprint density at radius 1 is 1.15 bits per heavy atom. The van der Waals surface area contributed by atoms with Crippen molar-refractivity contribution in [3.8, 4) is 5.75 Å². The third-order valence-corrected chi connectivity index (χ3v) is 8.72. The number of nitro groups is 1. The molecule has 0 spiro atoms. The number of thioether (sulfide) groups is 1.